The van der Waals surface area contributed by atoms with Gasteiger partial charge in [-0.05, 0) is 38.8 Å². The third kappa shape index (κ3) is 3.89. The van der Waals surface area contributed by atoms with Crippen molar-refractivity contribution in [3.05, 3.63) is 23.0 Å². The molecule has 1 atom stereocenters. The van der Waals surface area contributed by atoms with Crippen molar-refractivity contribution in [2.24, 2.45) is 0 Å². The van der Waals surface area contributed by atoms with E-state index < -0.39 is 38.8 Å². The molecule has 0 aromatic carbocycles. The van der Waals surface area contributed by atoms with E-state index in [2.05, 4.69) is 5.10 Å². The van der Waals surface area contributed by atoms with Crippen LogP contribution in [0.15, 0.2) is 11.8 Å². The molecule has 0 spiro atoms. The number of carbonyl (C=O) groups excluding carboxylic acids is 1. The second kappa shape index (κ2) is 5.86. The molecule has 1 aliphatic carbocycles. The summed E-state index contributed by atoms with van der Waals surface area (Å²) in [5.74, 6) is 0. The molecule has 0 saturated heterocycles. The third-order valence-corrected chi connectivity index (χ3v) is 4.80. The Morgan fingerprint density at radius 3 is 2.57 bits per heavy atom. The third-order valence-electron chi connectivity index (χ3n) is 3.09. The Bertz CT molecular complexity index is 765. The first kappa shape index (κ1) is 17.9. The molecule has 0 fully saturated rings. The fraction of sp³-hybridized carbons (Fsp3) is 0.538. The molecule has 0 N–H and O–H groups in total. The topological polar surface area (TPSA) is 78.3 Å². The van der Waals surface area contributed by atoms with Crippen molar-refractivity contribution in [3.8, 4) is 0 Å². The van der Waals surface area contributed by atoms with E-state index in [0.29, 0.717) is 0 Å². The summed E-state index contributed by atoms with van der Waals surface area (Å²) in [7, 11) is 1.14. The van der Waals surface area contributed by atoms with Gasteiger partial charge in [0.1, 0.15) is 10.9 Å². The Morgan fingerprint density at radius 2 is 2.09 bits per heavy atom. The molecule has 0 aliphatic heterocycles. The van der Waals surface area contributed by atoms with Gasteiger partial charge in [-0.3, -0.25) is 0 Å². The lowest BCUT2D eigenvalue weighted by atomic mass is 9.97. The number of carbonyl (C=O) groups is 1. The average Bonchev–Trinajstić information content (AvgIpc) is 2.77. The van der Waals surface area contributed by atoms with E-state index in [1.54, 1.807) is 20.8 Å². The number of rotatable bonds is 2. The monoisotopic (exact) mass is 368 g/mol. The van der Waals surface area contributed by atoms with Gasteiger partial charge in [0.25, 0.3) is 6.43 Å². The number of aromatic nitrogens is 2. The SMILES string of the molecule is CC(C)(C)OC(=O)n1ncc2c1C(S(=O)(=O)Cl)CC(C(F)F)=C2. The highest BCUT2D eigenvalue weighted by atomic mass is 35.7. The van der Waals surface area contributed by atoms with E-state index in [1.807, 2.05) is 0 Å². The summed E-state index contributed by atoms with van der Waals surface area (Å²) in [6, 6.07) is 0. The first-order valence-corrected chi connectivity index (χ1v) is 9.01. The number of halogens is 3. The van der Waals surface area contributed by atoms with E-state index in [1.165, 1.54) is 0 Å². The van der Waals surface area contributed by atoms with E-state index in [4.69, 9.17) is 15.4 Å². The molecule has 0 radical (unpaired) electrons. The van der Waals surface area contributed by atoms with E-state index in [-0.39, 0.29) is 16.8 Å². The Hall–Kier alpha value is -1.48. The summed E-state index contributed by atoms with van der Waals surface area (Å²) in [6.07, 6.45) is -1.99. The molecule has 128 valence electrons. The molecular weight excluding hydrogens is 354 g/mol. The molecule has 23 heavy (non-hydrogen) atoms. The smallest absolute Gasteiger partial charge is 0.435 e. The zero-order valence-corrected chi connectivity index (χ0v) is 14.2. The lowest BCUT2D eigenvalue weighted by Crippen LogP contribution is -2.30. The first-order chi connectivity index (χ1) is 10.4. The zero-order valence-electron chi connectivity index (χ0n) is 12.6. The summed E-state index contributed by atoms with van der Waals surface area (Å²) < 4.78 is 55.3. The number of alkyl halides is 2. The molecule has 2 rings (SSSR count). The molecule has 1 unspecified atom stereocenters. The van der Waals surface area contributed by atoms with Crippen molar-refractivity contribution in [3.63, 3.8) is 0 Å². The van der Waals surface area contributed by atoms with Crippen LogP contribution in [-0.4, -0.2) is 36.3 Å². The van der Waals surface area contributed by atoms with Gasteiger partial charge < -0.3 is 4.74 Å². The normalized spacial score (nSPS) is 18.6. The maximum absolute atomic E-state index is 12.9. The van der Waals surface area contributed by atoms with Gasteiger partial charge in [0.05, 0.1) is 11.9 Å². The maximum Gasteiger partial charge on any atom is 0.435 e. The van der Waals surface area contributed by atoms with Crippen LogP contribution in [0.25, 0.3) is 6.08 Å². The Labute approximate surface area is 136 Å². The predicted molar refractivity (Wildman–Crippen MR) is 80.0 cm³/mol. The molecule has 1 heterocycles. The highest BCUT2D eigenvalue weighted by molar-refractivity contribution is 8.13. The number of hydrogen-bond acceptors (Lipinski definition) is 5. The zero-order chi connectivity index (χ0) is 17.6. The van der Waals surface area contributed by atoms with Gasteiger partial charge in [0.15, 0.2) is 0 Å². The van der Waals surface area contributed by atoms with Gasteiger partial charge in [-0.1, -0.05) is 0 Å². The van der Waals surface area contributed by atoms with Crippen LogP contribution in [0.1, 0.15) is 43.7 Å². The highest BCUT2D eigenvalue weighted by Crippen LogP contribution is 2.40. The van der Waals surface area contributed by atoms with Crippen molar-refractivity contribution in [1.82, 2.24) is 9.78 Å². The van der Waals surface area contributed by atoms with Gasteiger partial charge in [0.2, 0.25) is 9.05 Å². The van der Waals surface area contributed by atoms with Crippen LogP contribution < -0.4 is 0 Å². The van der Waals surface area contributed by atoms with Crippen molar-refractivity contribution >= 4 is 31.9 Å². The summed E-state index contributed by atoms with van der Waals surface area (Å²) in [5, 5.41) is 2.27. The van der Waals surface area contributed by atoms with Crippen LogP contribution >= 0.6 is 10.7 Å². The van der Waals surface area contributed by atoms with Gasteiger partial charge in [-0.15, -0.1) is 0 Å². The highest BCUT2D eigenvalue weighted by Gasteiger charge is 2.38. The molecule has 1 aromatic rings. The Balaban J connectivity index is 2.55. The number of ether oxygens (including phenoxy) is 1. The standard InChI is InChI=1S/C13H15ClF2N2O4S/c1-13(2,3)22-12(19)18-10-8(6-17-18)4-7(11(15)16)5-9(10)23(14,20)21/h4,6,9,11H,5H2,1-3H3. The molecule has 6 nitrogen and oxygen atoms in total. The first-order valence-electron chi connectivity index (χ1n) is 6.63. The predicted octanol–water partition coefficient (Wildman–Crippen LogP) is 3.33. The van der Waals surface area contributed by atoms with Gasteiger partial charge in [-0.2, -0.15) is 9.78 Å². The largest absolute Gasteiger partial charge is 0.442 e. The second-order valence-electron chi connectivity index (χ2n) is 6.07. The number of fused-ring (bicyclic) bond motifs is 1. The number of allylic oxidation sites excluding steroid dienone is 1. The number of hydrogen-bond donors (Lipinski definition) is 0. The van der Waals surface area contributed by atoms with E-state index >= 15 is 0 Å². The van der Waals surface area contributed by atoms with Crippen LogP contribution in [0.5, 0.6) is 0 Å². The van der Waals surface area contributed by atoms with Gasteiger partial charge in [0, 0.05) is 16.2 Å². The molecule has 0 bridgehead atoms. The lowest BCUT2D eigenvalue weighted by Gasteiger charge is -2.24. The van der Waals surface area contributed by atoms with Crippen LogP contribution in [0.4, 0.5) is 13.6 Å². The molecule has 10 heteroatoms. The minimum absolute atomic E-state index is 0.0707. The van der Waals surface area contributed by atoms with Crippen LogP contribution in [0, 0.1) is 0 Å². The van der Waals surface area contributed by atoms with E-state index in [9.17, 15) is 22.0 Å². The number of nitrogens with zero attached hydrogens (tertiary/aromatic N) is 2. The Morgan fingerprint density at radius 1 is 1.48 bits per heavy atom. The van der Waals surface area contributed by atoms with Crippen molar-refractivity contribution in [2.75, 3.05) is 0 Å². The molecule has 1 aliphatic rings. The minimum atomic E-state index is -4.25. The summed E-state index contributed by atoms with van der Waals surface area (Å²) in [5.41, 5.74) is -1.18. The summed E-state index contributed by atoms with van der Waals surface area (Å²) >= 11 is 0. The fourth-order valence-electron chi connectivity index (χ4n) is 2.21. The van der Waals surface area contributed by atoms with Crippen LogP contribution in [0.3, 0.4) is 0 Å². The van der Waals surface area contributed by atoms with Crippen LogP contribution in [0.2, 0.25) is 0 Å². The van der Waals surface area contributed by atoms with E-state index in [0.717, 1.165) is 17.0 Å². The van der Waals surface area contributed by atoms with Crippen molar-refractivity contribution < 1.29 is 26.7 Å². The van der Waals surface area contributed by atoms with Crippen molar-refractivity contribution in [2.45, 2.75) is 44.5 Å². The quantitative estimate of drug-likeness (QED) is 0.748. The lowest BCUT2D eigenvalue weighted by molar-refractivity contribution is 0.0509. The molecule has 1 aromatic heterocycles. The molecule has 0 amide bonds. The average molecular weight is 369 g/mol. The van der Waals surface area contributed by atoms with Crippen molar-refractivity contribution in [1.29, 1.82) is 0 Å². The minimum Gasteiger partial charge on any atom is -0.442 e. The maximum atomic E-state index is 12.9. The van der Waals surface area contributed by atoms with Crippen LogP contribution in [-0.2, 0) is 13.8 Å². The summed E-state index contributed by atoms with van der Waals surface area (Å²) in [6.45, 7) is 4.89. The second-order valence-corrected chi connectivity index (χ2v) is 8.88. The molecule has 0 saturated carbocycles. The summed E-state index contributed by atoms with van der Waals surface area (Å²) in [4.78, 5) is 12.2. The van der Waals surface area contributed by atoms with Gasteiger partial charge in [-0.25, -0.2) is 22.0 Å². The van der Waals surface area contributed by atoms with Gasteiger partial charge >= 0.3 is 6.09 Å². The molecular formula is C13H15ClF2N2O4S. The fourth-order valence-corrected chi connectivity index (χ4v) is 3.55. The Kier molecular flexibility index (Phi) is 4.55.